The summed E-state index contributed by atoms with van der Waals surface area (Å²) in [5, 5.41) is 3.70. The van der Waals surface area contributed by atoms with E-state index in [-0.39, 0.29) is 17.0 Å². The highest BCUT2D eigenvalue weighted by Gasteiger charge is 2.05. The van der Waals surface area contributed by atoms with Gasteiger partial charge in [-0.2, -0.15) is 4.68 Å². The number of rotatable bonds is 1. The Morgan fingerprint density at radius 3 is 3.00 bits per heavy atom. The second kappa shape index (κ2) is 2.83. The van der Waals surface area contributed by atoms with E-state index in [0.29, 0.717) is 5.65 Å². The number of fused-ring (bicyclic) bond motifs is 1. The molecule has 0 saturated carbocycles. The molecule has 72 valence electrons. The molecule has 0 amide bonds. The zero-order valence-corrected chi connectivity index (χ0v) is 7.01. The van der Waals surface area contributed by atoms with E-state index in [2.05, 4.69) is 20.1 Å². The average molecular weight is 193 g/mol. The fraction of sp³-hybridized carbons (Fsp3) is 0. The van der Waals surface area contributed by atoms with Gasteiger partial charge in [-0.25, -0.2) is 9.97 Å². The Bertz CT molecular complexity index is 547. The summed E-state index contributed by atoms with van der Waals surface area (Å²) in [5.41, 5.74) is 10.5. The summed E-state index contributed by atoms with van der Waals surface area (Å²) in [4.78, 5) is 21.3. The minimum atomic E-state index is -0.334. The third kappa shape index (κ3) is 1.18. The smallest absolute Gasteiger partial charge is 0.278 e. The fourth-order valence-electron chi connectivity index (χ4n) is 1.03. The first kappa shape index (κ1) is 8.23. The maximum Gasteiger partial charge on any atom is 0.278 e. The number of nitrogens with two attached hydrogens (primary N) is 2. The van der Waals surface area contributed by atoms with Crippen LogP contribution in [0.25, 0.3) is 11.2 Å². The summed E-state index contributed by atoms with van der Waals surface area (Å²) < 4.78 is 1.24. The predicted molar refractivity (Wildman–Crippen MR) is 49.4 cm³/mol. The number of aromatic amines is 1. The molecule has 2 rings (SSSR count). The maximum atomic E-state index is 11.2. The van der Waals surface area contributed by atoms with Gasteiger partial charge < -0.3 is 16.5 Å². The van der Waals surface area contributed by atoms with E-state index < -0.39 is 0 Å². The van der Waals surface area contributed by atoms with Crippen molar-refractivity contribution in [1.29, 1.82) is 0 Å². The Hall–Kier alpha value is -2.38. The van der Waals surface area contributed by atoms with Crippen LogP contribution in [0.15, 0.2) is 22.6 Å². The number of imidazole rings is 1. The standard InChI is InChI=1S/C6H7N7O/c7-6(8)12-13-2-11-3-4(13)9-1-10-5(3)14/h1-2H,(H4,7,8,12)(H,9,10,14). The zero-order valence-electron chi connectivity index (χ0n) is 7.01. The number of nitrogens with one attached hydrogen (secondary N) is 1. The summed E-state index contributed by atoms with van der Waals surface area (Å²) in [5.74, 6) is -0.133. The summed E-state index contributed by atoms with van der Waals surface area (Å²) in [6.45, 7) is 0. The maximum absolute atomic E-state index is 11.2. The van der Waals surface area contributed by atoms with Crippen molar-refractivity contribution in [3.05, 3.63) is 23.0 Å². The number of aromatic nitrogens is 4. The molecule has 0 unspecified atom stereocenters. The zero-order chi connectivity index (χ0) is 10.1. The molecule has 0 fully saturated rings. The molecule has 0 radical (unpaired) electrons. The Morgan fingerprint density at radius 1 is 1.50 bits per heavy atom. The molecule has 5 N–H and O–H groups in total. The Labute approximate surface area is 77.3 Å². The molecular weight excluding hydrogens is 186 g/mol. The van der Waals surface area contributed by atoms with Crippen molar-refractivity contribution in [3.63, 3.8) is 0 Å². The lowest BCUT2D eigenvalue weighted by atomic mass is 10.5. The monoisotopic (exact) mass is 193 g/mol. The van der Waals surface area contributed by atoms with E-state index >= 15 is 0 Å². The minimum Gasteiger partial charge on any atom is -0.369 e. The van der Waals surface area contributed by atoms with Crippen LogP contribution < -0.4 is 17.0 Å². The number of hydrogen-bond donors (Lipinski definition) is 3. The molecule has 8 nitrogen and oxygen atoms in total. The van der Waals surface area contributed by atoms with Crippen molar-refractivity contribution in [2.75, 3.05) is 0 Å². The molecule has 0 spiro atoms. The Balaban J connectivity index is 2.76. The quantitative estimate of drug-likeness (QED) is 0.362. The third-order valence-electron chi connectivity index (χ3n) is 1.55. The van der Waals surface area contributed by atoms with Crippen LogP contribution in [0, 0.1) is 0 Å². The molecule has 0 bridgehead atoms. The van der Waals surface area contributed by atoms with E-state index in [4.69, 9.17) is 11.5 Å². The lowest BCUT2D eigenvalue weighted by Gasteiger charge is -1.93. The average Bonchev–Trinajstić information content (AvgIpc) is 2.49. The normalized spacial score (nSPS) is 10.3. The first-order chi connectivity index (χ1) is 6.68. The molecule has 2 aromatic heterocycles. The number of hydrogen-bond acceptors (Lipinski definition) is 4. The van der Waals surface area contributed by atoms with Gasteiger partial charge in [0.2, 0.25) is 5.96 Å². The van der Waals surface area contributed by atoms with Crippen molar-refractivity contribution in [2.24, 2.45) is 16.6 Å². The van der Waals surface area contributed by atoms with Gasteiger partial charge in [0.05, 0.1) is 6.33 Å². The Morgan fingerprint density at radius 2 is 2.29 bits per heavy atom. The van der Waals surface area contributed by atoms with Crippen molar-refractivity contribution in [3.8, 4) is 0 Å². The van der Waals surface area contributed by atoms with Gasteiger partial charge in [0.1, 0.15) is 6.33 Å². The van der Waals surface area contributed by atoms with Gasteiger partial charge in [-0.3, -0.25) is 4.79 Å². The van der Waals surface area contributed by atoms with Crippen LogP contribution in [0.5, 0.6) is 0 Å². The van der Waals surface area contributed by atoms with Crippen molar-refractivity contribution in [2.45, 2.75) is 0 Å². The van der Waals surface area contributed by atoms with E-state index in [9.17, 15) is 4.79 Å². The molecule has 0 aliphatic heterocycles. The van der Waals surface area contributed by atoms with Gasteiger partial charge in [0, 0.05) is 0 Å². The third-order valence-corrected chi connectivity index (χ3v) is 1.55. The van der Waals surface area contributed by atoms with Crippen molar-refractivity contribution in [1.82, 2.24) is 19.6 Å². The van der Waals surface area contributed by atoms with Crippen molar-refractivity contribution >= 4 is 17.1 Å². The first-order valence-electron chi connectivity index (χ1n) is 3.69. The molecule has 8 heteroatoms. The van der Waals surface area contributed by atoms with Crippen LogP contribution in [-0.4, -0.2) is 25.6 Å². The van der Waals surface area contributed by atoms with Crippen LogP contribution >= 0.6 is 0 Å². The van der Waals surface area contributed by atoms with E-state index in [1.165, 1.54) is 17.3 Å². The molecule has 0 aromatic carbocycles. The van der Waals surface area contributed by atoms with Gasteiger partial charge in [-0.05, 0) is 0 Å². The molecule has 2 heterocycles. The van der Waals surface area contributed by atoms with Crippen molar-refractivity contribution < 1.29 is 0 Å². The van der Waals surface area contributed by atoms with Gasteiger partial charge >= 0.3 is 0 Å². The number of guanidine groups is 1. The highest BCUT2D eigenvalue weighted by Crippen LogP contribution is 2.02. The lowest BCUT2D eigenvalue weighted by molar-refractivity contribution is 0.883. The summed E-state index contributed by atoms with van der Waals surface area (Å²) in [6, 6.07) is 0. The molecular formula is C6H7N7O. The fourth-order valence-corrected chi connectivity index (χ4v) is 1.03. The largest absolute Gasteiger partial charge is 0.369 e. The van der Waals surface area contributed by atoms with Crippen LogP contribution in [0.2, 0.25) is 0 Å². The van der Waals surface area contributed by atoms with E-state index in [0.717, 1.165) is 0 Å². The van der Waals surface area contributed by atoms with E-state index in [1.807, 2.05) is 0 Å². The van der Waals surface area contributed by atoms with Crippen LogP contribution in [0.4, 0.5) is 0 Å². The highest BCUT2D eigenvalue weighted by molar-refractivity contribution is 5.77. The molecule has 0 atom stereocenters. The topological polar surface area (TPSA) is 128 Å². The molecule has 0 saturated heterocycles. The van der Waals surface area contributed by atoms with Gasteiger partial charge in [-0.1, -0.05) is 0 Å². The van der Waals surface area contributed by atoms with Crippen LogP contribution in [0.1, 0.15) is 0 Å². The lowest BCUT2D eigenvalue weighted by Crippen LogP contribution is -2.23. The van der Waals surface area contributed by atoms with Gasteiger partial charge in [0.15, 0.2) is 11.2 Å². The van der Waals surface area contributed by atoms with Crippen LogP contribution in [0.3, 0.4) is 0 Å². The first-order valence-corrected chi connectivity index (χ1v) is 3.69. The minimum absolute atomic E-state index is 0.133. The number of H-pyrrole nitrogens is 1. The molecule has 0 aliphatic carbocycles. The Kier molecular flexibility index (Phi) is 1.67. The predicted octanol–water partition coefficient (Wildman–Crippen LogP) is -1.84. The van der Waals surface area contributed by atoms with Gasteiger partial charge in [-0.15, -0.1) is 5.10 Å². The number of nitrogens with zero attached hydrogens (tertiary/aromatic N) is 4. The summed E-state index contributed by atoms with van der Waals surface area (Å²) >= 11 is 0. The van der Waals surface area contributed by atoms with E-state index in [1.54, 1.807) is 0 Å². The molecule has 2 aromatic rings. The second-order valence-electron chi connectivity index (χ2n) is 2.52. The van der Waals surface area contributed by atoms with Crippen LogP contribution in [-0.2, 0) is 0 Å². The molecule has 0 aliphatic rings. The highest BCUT2D eigenvalue weighted by atomic mass is 16.1. The van der Waals surface area contributed by atoms with Gasteiger partial charge in [0.25, 0.3) is 5.56 Å². The molecule has 14 heavy (non-hydrogen) atoms. The summed E-state index contributed by atoms with van der Waals surface area (Å²) in [7, 11) is 0. The second-order valence-corrected chi connectivity index (χ2v) is 2.52. The SMILES string of the molecule is NC(N)=Nn1cnc2c(=O)[nH]cnc21. The summed E-state index contributed by atoms with van der Waals surface area (Å²) in [6.07, 6.45) is 2.57.